The Bertz CT molecular complexity index is 305. The second-order valence-electron chi connectivity index (χ2n) is 3.17. The molecule has 1 aliphatic heterocycles. The maximum absolute atomic E-state index is 4.66. The van der Waals surface area contributed by atoms with Crippen LogP contribution in [-0.2, 0) is 0 Å². The highest BCUT2D eigenvalue weighted by Gasteiger charge is 2.16. The van der Waals surface area contributed by atoms with Gasteiger partial charge in [-0.1, -0.05) is 37.3 Å². The van der Waals surface area contributed by atoms with Crippen molar-refractivity contribution in [3.05, 3.63) is 35.9 Å². The fourth-order valence-electron chi connectivity index (χ4n) is 1.36. The van der Waals surface area contributed by atoms with Crippen LogP contribution in [0.2, 0.25) is 0 Å². The number of hydrogen-bond acceptors (Lipinski definition) is 2. The second-order valence-corrected chi connectivity index (χ2v) is 4.18. The van der Waals surface area contributed by atoms with E-state index in [1.807, 2.05) is 17.8 Å². The SMILES string of the molecule is CC[C@@H]1CSC(c2ccccc2)=N1. The maximum atomic E-state index is 4.66. The normalized spacial score (nSPS) is 21.6. The first-order valence-electron chi connectivity index (χ1n) is 4.66. The predicted molar refractivity (Wildman–Crippen MR) is 59.5 cm³/mol. The summed E-state index contributed by atoms with van der Waals surface area (Å²) in [5, 5.41) is 1.22. The van der Waals surface area contributed by atoms with Gasteiger partial charge in [-0.15, -0.1) is 11.8 Å². The van der Waals surface area contributed by atoms with E-state index in [0.29, 0.717) is 6.04 Å². The van der Waals surface area contributed by atoms with E-state index in [4.69, 9.17) is 0 Å². The smallest absolute Gasteiger partial charge is 0.0981 e. The molecule has 1 aromatic carbocycles. The summed E-state index contributed by atoms with van der Waals surface area (Å²) in [6, 6.07) is 11.0. The average molecular weight is 191 g/mol. The Labute approximate surface area is 83.3 Å². The Morgan fingerprint density at radius 3 is 2.77 bits per heavy atom. The molecule has 2 heteroatoms. The van der Waals surface area contributed by atoms with E-state index in [1.165, 1.54) is 10.6 Å². The molecule has 0 unspecified atom stereocenters. The van der Waals surface area contributed by atoms with E-state index in [1.54, 1.807) is 0 Å². The molecule has 0 fully saturated rings. The fraction of sp³-hybridized carbons (Fsp3) is 0.364. The monoisotopic (exact) mass is 191 g/mol. The van der Waals surface area contributed by atoms with Crippen molar-refractivity contribution in [2.45, 2.75) is 19.4 Å². The van der Waals surface area contributed by atoms with Gasteiger partial charge in [-0.25, -0.2) is 0 Å². The maximum Gasteiger partial charge on any atom is 0.0981 e. The third-order valence-electron chi connectivity index (χ3n) is 2.20. The lowest BCUT2D eigenvalue weighted by molar-refractivity contribution is 0.738. The molecule has 2 rings (SSSR count). The van der Waals surface area contributed by atoms with E-state index in [-0.39, 0.29) is 0 Å². The van der Waals surface area contributed by atoms with Crippen molar-refractivity contribution in [3.8, 4) is 0 Å². The summed E-state index contributed by atoms with van der Waals surface area (Å²) in [5.41, 5.74) is 1.27. The molecule has 0 radical (unpaired) electrons. The third kappa shape index (κ3) is 1.94. The van der Waals surface area contributed by atoms with Gasteiger partial charge in [0.25, 0.3) is 0 Å². The van der Waals surface area contributed by atoms with Crippen LogP contribution in [-0.4, -0.2) is 16.8 Å². The van der Waals surface area contributed by atoms with Crippen LogP contribution in [0.25, 0.3) is 0 Å². The van der Waals surface area contributed by atoms with Crippen LogP contribution in [0, 0.1) is 0 Å². The van der Waals surface area contributed by atoms with Crippen LogP contribution in [0.3, 0.4) is 0 Å². The molecule has 0 aromatic heterocycles. The first kappa shape index (κ1) is 8.82. The van der Waals surface area contributed by atoms with Gasteiger partial charge < -0.3 is 0 Å². The van der Waals surface area contributed by atoms with E-state index in [0.717, 1.165) is 12.2 Å². The highest BCUT2D eigenvalue weighted by atomic mass is 32.2. The van der Waals surface area contributed by atoms with Crippen molar-refractivity contribution in [3.63, 3.8) is 0 Å². The van der Waals surface area contributed by atoms with Crippen molar-refractivity contribution < 1.29 is 0 Å². The average Bonchev–Trinajstić information content (AvgIpc) is 2.67. The number of benzene rings is 1. The van der Waals surface area contributed by atoms with Gasteiger partial charge in [-0.05, 0) is 6.42 Å². The zero-order valence-electron chi connectivity index (χ0n) is 7.73. The molecule has 0 aliphatic carbocycles. The zero-order chi connectivity index (χ0) is 9.10. The number of hydrogen-bond donors (Lipinski definition) is 0. The topological polar surface area (TPSA) is 12.4 Å². The van der Waals surface area contributed by atoms with Crippen LogP contribution in [0.5, 0.6) is 0 Å². The number of aliphatic imine (C=N–C) groups is 1. The van der Waals surface area contributed by atoms with Crippen molar-refractivity contribution in [1.29, 1.82) is 0 Å². The molecule has 1 heterocycles. The summed E-state index contributed by atoms with van der Waals surface area (Å²) in [4.78, 5) is 4.66. The van der Waals surface area contributed by atoms with Crippen molar-refractivity contribution >= 4 is 16.8 Å². The molecule has 0 amide bonds. The standard InChI is InChI=1S/C11H13NS/c1-2-10-8-13-11(12-10)9-6-4-3-5-7-9/h3-7,10H,2,8H2,1H3/t10-/m1/s1. The number of nitrogens with zero attached hydrogens (tertiary/aromatic N) is 1. The minimum Gasteiger partial charge on any atom is -0.274 e. The summed E-state index contributed by atoms with van der Waals surface area (Å²) < 4.78 is 0. The summed E-state index contributed by atoms with van der Waals surface area (Å²) in [6.45, 7) is 2.20. The minimum absolute atomic E-state index is 0.542. The molecule has 68 valence electrons. The van der Waals surface area contributed by atoms with Crippen molar-refractivity contribution in [2.24, 2.45) is 4.99 Å². The number of rotatable bonds is 2. The van der Waals surface area contributed by atoms with Gasteiger partial charge in [-0.3, -0.25) is 4.99 Å². The summed E-state index contributed by atoms with van der Waals surface area (Å²) in [5.74, 6) is 1.15. The Balaban J connectivity index is 2.19. The van der Waals surface area contributed by atoms with Crippen LogP contribution in [0.15, 0.2) is 35.3 Å². The Hall–Kier alpha value is -0.760. The molecule has 0 spiro atoms. The van der Waals surface area contributed by atoms with Crippen LogP contribution < -0.4 is 0 Å². The van der Waals surface area contributed by atoms with E-state index in [2.05, 4.69) is 36.2 Å². The first-order chi connectivity index (χ1) is 6.40. The van der Waals surface area contributed by atoms with Crippen molar-refractivity contribution in [1.82, 2.24) is 0 Å². The van der Waals surface area contributed by atoms with Gasteiger partial charge in [0, 0.05) is 11.3 Å². The summed E-state index contributed by atoms with van der Waals surface area (Å²) in [7, 11) is 0. The number of thioether (sulfide) groups is 1. The molecule has 0 bridgehead atoms. The summed E-state index contributed by atoms with van der Waals surface area (Å²) in [6.07, 6.45) is 1.16. The quantitative estimate of drug-likeness (QED) is 0.700. The molecule has 0 saturated carbocycles. The van der Waals surface area contributed by atoms with Crippen molar-refractivity contribution in [2.75, 3.05) is 5.75 Å². The molecule has 1 aliphatic rings. The molecular formula is C11H13NS. The van der Waals surface area contributed by atoms with Gasteiger partial charge in [0.2, 0.25) is 0 Å². The Kier molecular flexibility index (Phi) is 2.69. The van der Waals surface area contributed by atoms with Gasteiger partial charge in [-0.2, -0.15) is 0 Å². The zero-order valence-corrected chi connectivity index (χ0v) is 8.55. The second kappa shape index (κ2) is 3.97. The van der Waals surface area contributed by atoms with Gasteiger partial charge >= 0.3 is 0 Å². The van der Waals surface area contributed by atoms with Gasteiger partial charge in [0.15, 0.2) is 0 Å². The highest BCUT2D eigenvalue weighted by Crippen LogP contribution is 2.24. The Morgan fingerprint density at radius 2 is 2.15 bits per heavy atom. The van der Waals surface area contributed by atoms with E-state index in [9.17, 15) is 0 Å². The molecule has 1 aromatic rings. The van der Waals surface area contributed by atoms with Gasteiger partial charge in [0.05, 0.1) is 11.1 Å². The van der Waals surface area contributed by atoms with E-state index >= 15 is 0 Å². The van der Waals surface area contributed by atoms with Crippen LogP contribution in [0.1, 0.15) is 18.9 Å². The first-order valence-corrected chi connectivity index (χ1v) is 5.64. The minimum atomic E-state index is 0.542. The lowest BCUT2D eigenvalue weighted by atomic mass is 10.2. The van der Waals surface area contributed by atoms with Crippen LogP contribution in [0.4, 0.5) is 0 Å². The lowest BCUT2D eigenvalue weighted by Gasteiger charge is -1.97. The third-order valence-corrected chi connectivity index (χ3v) is 3.37. The molecule has 1 nitrogen and oxygen atoms in total. The molecule has 0 N–H and O–H groups in total. The largest absolute Gasteiger partial charge is 0.274 e. The van der Waals surface area contributed by atoms with Gasteiger partial charge in [0.1, 0.15) is 0 Å². The fourth-order valence-corrected chi connectivity index (χ4v) is 2.55. The molecule has 0 saturated heterocycles. The summed E-state index contributed by atoms with van der Waals surface area (Å²) >= 11 is 1.88. The van der Waals surface area contributed by atoms with E-state index < -0.39 is 0 Å². The Morgan fingerprint density at radius 1 is 1.38 bits per heavy atom. The predicted octanol–water partition coefficient (Wildman–Crippen LogP) is 2.96. The molecular weight excluding hydrogens is 178 g/mol. The van der Waals surface area contributed by atoms with Crippen LogP contribution >= 0.6 is 11.8 Å². The highest BCUT2D eigenvalue weighted by molar-refractivity contribution is 8.14. The molecule has 1 atom stereocenters. The lowest BCUT2D eigenvalue weighted by Crippen LogP contribution is -1.99. The molecule has 13 heavy (non-hydrogen) atoms.